The van der Waals surface area contributed by atoms with Crippen molar-refractivity contribution in [3.05, 3.63) is 29.8 Å². The average molecular weight is 237 g/mol. The minimum Gasteiger partial charge on any atom is -0.508 e. The molecular weight excluding hydrogens is 218 g/mol. The highest BCUT2D eigenvalue weighted by molar-refractivity contribution is 5.69. The van der Waals surface area contributed by atoms with E-state index in [9.17, 15) is 9.90 Å². The summed E-state index contributed by atoms with van der Waals surface area (Å²) in [5.74, 6) is -0.920. The summed E-state index contributed by atoms with van der Waals surface area (Å²) in [6.45, 7) is 5.65. The third-order valence-corrected chi connectivity index (χ3v) is 2.72. The molecule has 1 unspecified atom stereocenters. The van der Waals surface area contributed by atoms with Gasteiger partial charge in [0.25, 0.3) is 0 Å². The second-order valence-electron chi connectivity index (χ2n) is 4.24. The standard InChI is InChI=1S/C13H19NO3/c1-3-14(8-10(2)13(16)17)9-11-5-4-6-12(15)7-11/h4-7,10,15H,3,8-9H2,1-2H3,(H,16,17). The van der Waals surface area contributed by atoms with E-state index in [1.807, 2.05) is 17.9 Å². The highest BCUT2D eigenvalue weighted by atomic mass is 16.4. The molecule has 0 aliphatic heterocycles. The molecule has 0 saturated heterocycles. The third kappa shape index (κ3) is 4.44. The molecule has 94 valence electrons. The Balaban J connectivity index is 2.61. The number of rotatable bonds is 6. The van der Waals surface area contributed by atoms with Crippen LogP contribution in [0.25, 0.3) is 0 Å². The lowest BCUT2D eigenvalue weighted by Gasteiger charge is -2.22. The van der Waals surface area contributed by atoms with Gasteiger partial charge in [-0.1, -0.05) is 26.0 Å². The summed E-state index contributed by atoms with van der Waals surface area (Å²) in [5, 5.41) is 18.2. The Morgan fingerprint density at radius 1 is 1.47 bits per heavy atom. The van der Waals surface area contributed by atoms with Gasteiger partial charge in [-0.05, 0) is 24.2 Å². The molecule has 0 aliphatic carbocycles. The Labute approximate surface area is 101 Å². The minimum atomic E-state index is -0.778. The molecule has 0 aromatic heterocycles. The molecular formula is C13H19NO3. The summed E-state index contributed by atoms with van der Waals surface area (Å²) < 4.78 is 0. The number of carbonyl (C=O) groups is 1. The van der Waals surface area contributed by atoms with Crippen LogP contribution in [0.4, 0.5) is 0 Å². The van der Waals surface area contributed by atoms with Crippen LogP contribution in [0, 0.1) is 5.92 Å². The van der Waals surface area contributed by atoms with Crippen molar-refractivity contribution < 1.29 is 15.0 Å². The number of phenols is 1. The average Bonchev–Trinajstić information content (AvgIpc) is 2.27. The third-order valence-electron chi connectivity index (χ3n) is 2.72. The summed E-state index contributed by atoms with van der Waals surface area (Å²) >= 11 is 0. The Morgan fingerprint density at radius 3 is 2.71 bits per heavy atom. The number of carboxylic acids is 1. The van der Waals surface area contributed by atoms with Gasteiger partial charge in [0, 0.05) is 13.1 Å². The number of hydrogen-bond acceptors (Lipinski definition) is 3. The first-order chi connectivity index (χ1) is 8.02. The molecule has 4 heteroatoms. The van der Waals surface area contributed by atoms with Gasteiger partial charge in [-0.25, -0.2) is 0 Å². The number of phenolic OH excluding ortho intramolecular Hbond substituents is 1. The molecule has 1 atom stereocenters. The van der Waals surface area contributed by atoms with Gasteiger partial charge in [-0.15, -0.1) is 0 Å². The van der Waals surface area contributed by atoms with Crippen molar-refractivity contribution in [2.24, 2.45) is 5.92 Å². The summed E-state index contributed by atoms with van der Waals surface area (Å²) in [7, 11) is 0. The number of hydrogen-bond donors (Lipinski definition) is 2. The van der Waals surface area contributed by atoms with Crippen molar-refractivity contribution in [3.63, 3.8) is 0 Å². The monoisotopic (exact) mass is 237 g/mol. The SMILES string of the molecule is CCN(Cc1cccc(O)c1)CC(C)C(=O)O. The molecule has 0 heterocycles. The van der Waals surface area contributed by atoms with Crippen LogP contribution in [-0.2, 0) is 11.3 Å². The molecule has 0 spiro atoms. The molecule has 0 amide bonds. The number of nitrogens with zero attached hydrogens (tertiary/aromatic N) is 1. The van der Waals surface area contributed by atoms with Gasteiger partial charge in [-0.2, -0.15) is 0 Å². The van der Waals surface area contributed by atoms with Crippen molar-refractivity contribution in [1.82, 2.24) is 4.90 Å². The van der Waals surface area contributed by atoms with E-state index in [2.05, 4.69) is 0 Å². The molecule has 0 fully saturated rings. The molecule has 1 aromatic rings. The largest absolute Gasteiger partial charge is 0.508 e. The van der Waals surface area contributed by atoms with Crippen LogP contribution in [0.2, 0.25) is 0 Å². The lowest BCUT2D eigenvalue weighted by atomic mass is 10.1. The summed E-state index contributed by atoms with van der Waals surface area (Å²) in [5.41, 5.74) is 0.990. The van der Waals surface area contributed by atoms with Crippen LogP contribution >= 0.6 is 0 Å². The Kier molecular flexibility index (Phi) is 4.97. The number of aliphatic carboxylic acids is 1. The van der Waals surface area contributed by atoms with E-state index >= 15 is 0 Å². The van der Waals surface area contributed by atoms with Gasteiger partial charge in [0.05, 0.1) is 5.92 Å². The zero-order chi connectivity index (χ0) is 12.8. The van der Waals surface area contributed by atoms with Gasteiger partial charge in [0.2, 0.25) is 0 Å². The maximum Gasteiger partial charge on any atom is 0.307 e. The van der Waals surface area contributed by atoms with E-state index in [4.69, 9.17) is 5.11 Å². The smallest absolute Gasteiger partial charge is 0.307 e. The van der Waals surface area contributed by atoms with Crippen LogP contribution in [0.5, 0.6) is 5.75 Å². The highest BCUT2D eigenvalue weighted by Crippen LogP contribution is 2.13. The van der Waals surface area contributed by atoms with Crippen molar-refractivity contribution in [2.75, 3.05) is 13.1 Å². The first-order valence-electron chi connectivity index (χ1n) is 5.76. The topological polar surface area (TPSA) is 60.8 Å². The van der Waals surface area contributed by atoms with Crippen LogP contribution < -0.4 is 0 Å². The van der Waals surface area contributed by atoms with Gasteiger partial charge < -0.3 is 10.2 Å². The van der Waals surface area contributed by atoms with Crippen LogP contribution in [0.1, 0.15) is 19.4 Å². The first kappa shape index (κ1) is 13.5. The Bertz CT molecular complexity index is 379. The number of aromatic hydroxyl groups is 1. The summed E-state index contributed by atoms with van der Waals surface area (Å²) in [6.07, 6.45) is 0. The van der Waals surface area contributed by atoms with Crippen molar-refractivity contribution >= 4 is 5.97 Å². The molecule has 1 rings (SSSR count). The summed E-state index contributed by atoms with van der Waals surface area (Å²) in [6, 6.07) is 7.04. The predicted molar refractivity (Wildman–Crippen MR) is 65.9 cm³/mol. The molecule has 0 saturated carbocycles. The van der Waals surface area contributed by atoms with Gasteiger partial charge >= 0.3 is 5.97 Å². The van der Waals surface area contributed by atoms with Crippen LogP contribution in [-0.4, -0.2) is 34.2 Å². The maximum absolute atomic E-state index is 10.8. The minimum absolute atomic E-state index is 0.241. The molecule has 0 bridgehead atoms. The van der Waals surface area contributed by atoms with E-state index in [0.29, 0.717) is 13.1 Å². The molecule has 1 aromatic carbocycles. The molecule has 0 radical (unpaired) electrons. The van der Waals surface area contributed by atoms with Gasteiger partial charge in [-0.3, -0.25) is 9.69 Å². The molecule has 17 heavy (non-hydrogen) atoms. The molecule has 4 nitrogen and oxygen atoms in total. The molecule has 2 N–H and O–H groups in total. The second kappa shape index (κ2) is 6.25. The van der Waals surface area contributed by atoms with E-state index in [-0.39, 0.29) is 11.7 Å². The lowest BCUT2D eigenvalue weighted by Crippen LogP contribution is -2.31. The quantitative estimate of drug-likeness (QED) is 0.793. The van der Waals surface area contributed by atoms with Crippen molar-refractivity contribution in [3.8, 4) is 5.75 Å². The zero-order valence-corrected chi connectivity index (χ0v) is 10.3. The van der Waals surface area contributed by atoms with E-state index in [0.717, 1.165) is 12.1 Å². The second-order valence-corrected chi connectivity index (χ2v) is 4.24. The van der Waals surface area contributed by atoms with Crippen molar-refractivity contribution in [1.29, 1.82) is 0 Å². The molecule has 0 aliphatic rings. The lowest BCUT2D eigenvalue weighted by molar-refractivity contribution is -0.141. The van der Waals surface area contributed by atoms with Crippen molar-refractivity contribution in [2.45, 2.75) is 20.4 Å². The van der Waals surface area contributed by atoms with Gasteiger partial charge in [0.15, 0.2) is 0 Å². The maximum atomic E-state index is 10.8. The number of carboxylic acid groups (broad SMARTS) is 1. The van der Waals surface area contributed by atoms with E-state index < -0.39 is 5.97 Å². The summed E-state index contributed by atoms with van der Waals surface area (Å²) in [4.78, 5) is 12.8. The van der Waals surface area contributed by atoms with Crippen LogP contribution in [0.3, 0.4) is 0 Å². The van der Waals surface area contributed by atoms with Crippen LogP contribution in [0.15, 0.2) is 24.3 Å². The van der Waals surface area contributed by atoms with E-state index in [1.165, 1.54) is 0 Å². The first-order valence-corrected chi connectivity index (χ1v) is 5.76. The number of benzene rings is 1. The Hall–Kier alpha value is -1.55. The zero-order valence-electron chi connectivity index (χ0n) is 10.3. The fraction of sp³-hybridized carbons (Fsp3) is 0.462. The van der Waals surface area contributed by atoms with E-state index in [1.54, 1.807) is 25.1 Å². The fourth-order valence-electron chi connectivity index (χ4n) is 1.68. The normalized spacial score (nSPS) is 12.6. The van der Waals surface area contributed by atoms with Gasteiger partial charge in [0.1, 0.15) is 5.75 Å². The predicted octanol–water partition coefficient (Wildman–Crippen LogP) is 1.93. The highest BCUT2D eigenvalue weighted by Gasteiger charge is 2.15. The fourth-order valence-corrected chi connectivity index (χ4v) is 1.68. The Morgan fingerprint density at radius 2 is 2.18 bits per heavy atom.